The van der Waals surface area contributed by atoms with E-state index in [1.807, 2.05) is 6.07 Å². The smallest absolute Gasteiger partial charge is 0.143 e. The highest BCUT2D eigenvalue weighted by molar-refractivity contribution is 5.80. The minimum atomic E-state index is 0.951. The number of nitrogens with one attached hydrogen (secondary N) is 1. The van der Waals surface area contributed by atoms with Crippen LogP contribution >= 0.6 is 0 Å². The first-order valence-electron chi connectivity index (χ1n) is 8.50. The number of para-hydroxylation sites is 1. The zero-order chi connectivity index (χ0) is 17.4. The summed E-state index contributed by atoms with van der Waals surface area (Å²) in [4.78, 5) is 4.90. The lowest BCUT2D eigenvalue weighted by Crippen LogP contribution is -1.98. The van der Waals surface area contributed by atoms with Gasteiger partial charge in [-0.05, 0) is 50.1 Å². The third kappa shape index (κ3) is 2.89. The topological polar surface area (TPSA) is 29.3 Å². The van der Waals surface area contributed by atoms with E-state index in [1.54, 1.807) is 0 Å². The number of hydrogen-bond acceptors (Lipinski definition) is 2. The number of benzene rings is 2. The molecule has 0 unspecified atom stereocenters. The predicted octanol–water partition coefficient (Wildman–Crippen LogP) is 5.67. The van der Waals surface area contributed by atoms with Gasteiger partial charge in [-0.15, -0.1) is 0 Å². The van der Waals surface area contributed by atoms with Crippen LogP contribution in [-0.2, 0) is 0 Å². The lowest BCUT2D eigenvalue weighted by atomic mass is 10.1. The molecule has 3 nitrogen and oxygen atoms in total. The Kier molecular flexibility index (Phi) is 3.77. The van der Waals surface area contributed by atoms with Crippen molar-refractivity contribution in [3.05, 3.63) is 83.6 Å². The second kappa shape index (κ2) is 6.10. The fourth-order valence-electron chi connectivity index (χ4n) is 3.02. The molecule has 0 saturated carbocycles. The summed E-state index contributed by atoms with van der Waals surface area (Å²) in [6, 6.07) is 21.1. The van der Waals surface area contributed by atoms with Gasteiger partial charge in [-0.3, -0.25) is 4.40 Å². The van der Waals surface area contributed by atoms with Crippen LogP contribution in [0.1, 0.15) is 16.7 Å². The van der Waals surface area contributed by atoms with E-state index in [4.69, 9.17) is 4.98 Å². The fourth-order valence-corrected chi connectivity index (χ4v) is 3.02. The van der Waals surface area contributed by atoms with Gasteiger partial charge in [-0.2, -0.15) is 0 Å². The summed E-state index contributed by atoms with van der Waals surface area (Å²) in [5, 5.41) is 3.60. The molecule has 0 fully saturated rings. The fraction of sp³-hybridized carbons (Fsp3) is 0.136. The van der Waals surface area contributed by atoms with Crippen LogP contribution in [0, 0.1) is 20.8 Å². The summed E-state index contributed by atoms with van der Waals surface area (Å²) in [5.41, 5.74) is 7.79. The molecule has 2 aromatic heterocycles. The molecule has 0 bridgehead atoms. The average molecular weight is 327 g/mol. The van der Waals surface area contributed by atoms with E-state index in [0.29, 0.717) is 0 Å². The second-order valence-corrected chi connectivity index (χ2v) is 6.55. The Morgan fingerprint density at radius 2 is 1.60 bits per heavy atom. The summed E-state index contributed by atoms with van der Waals surface area (Å²) in [5.74, 6) is 0.994. The molecular weight excluding hydrogens is 306 g/mol. The first-order chi connectivity index (χ1) is 12.1. The summed E-state index contributed by atoms with van der Waals surface area (Å²) in [6.45, 7) is 6.30. The molecule has 4 rings (SSSR count). The zero-order valence-electron chi connectivity index (χ0n) is 14.7. The molecule has 4 aromatic rings. The van der Waals surface area contributed by atoms with E-state index in [-0.39, 0.29) is 0 Å². The molecule has 2 heterocycles. The van der Waals surface area contributed by atoms with Crippen LogP contribution in [0.3, 0.4) is 0 Å². The Labute approximate surface area is 148 Å². The molecule has 0 saturated heterocycles. The van der Waals surface area contributed by atoms with Crippen molar-refractivity contribution in [1.82, 2.24) is 9.38 Å². The molecule has 0 aliphatic carbocycles. The molecule has 0 aliphatic rings. The van der Waals surface area contributed by atoms with Gasteiger partial charge >= 0.3 is 0 Å². The van der Waals surface area contributed by atoms with E-state index < -0.39 is 0 Å². The maximum atomic E-state index is 4.90. The van der Waals surface area contributed by atoms with Crippen LogP contribution in [0.25, 0.3) is 16.9 Å². The van der Waals surface area contributed by atoms with Crippen LogP contribution in [-0.4, -0.2) is 9.38 Å². The van der Waals surface area contributed by atoms with E-state index in [2.05, 4.69) is 91.3 Å². The second-order valence-electron chi connectivity index (χ2n) is 6.55. The summed E-state index contributed by atoms with van der Waals surface area (Å²) in [6.07, 6.45) is 2.08. The number of imidazole rings is 1. The zero-order valence-corrected chi connectivity index (χ0v) is 14.7. The lowest BCUT2D eigenvalue weighted by Gasteiger charge is -2.11. The van der Waals surface area contributed by atoms with Gasteiger partial charge in [0.2, 0.25) is 0 Å². The first-order valence-corrected chi connectivity index (χ1v) is 8.50. The van der Waals surface area contributed by atoms with Gasteiger partial charge in [-0.1, -0.05) is 48.0 Å². The average Bonchev–Trinajstić information content (AvgIpc) is 2.95. The maximum Gasteiger partial charge on any atom is 0.143 e. The van der Waals surface area contributed by atoms with Crippen LogP contribution in [0.2, 0.25) is 0 Å². The van der Waals surface area contributed by atoms with Gasteiger partial charge in [0, 0.05) is 17.4 Å². The van der Waals surface area contributed by atoms with Gasteiger partial charge in [0.05, 0.1) is 0 Å². The molecule has 0 spiro atoms. The molecule has 124 valence electrons. The van der Waals surface area contributed by atoms with Crippen molar-refractivity contribution in [2.45, 2.75) is 20.8 Å². The number of hydrogen-bond donors (Lipinski definition) is 1. The summed E-state index contributed by atoms with van der Waals surface area (Å²) in [7, 11) is 0. The van der Waals surface area contributed by atoms with Crippen LogP contribution < -0.4 is 5.32 Å². The number of aromatic nitrogens is 2. The van der Waals surface area contributed by atoms with Gasteiger partial charge in [0.25, 0.3) is 0 Å². The SMILES string of the molecule is Cc1ccc(-c2nc3cc(C)ccn3c2Nc2ccccc2C)cc1. The van der Waals surface area contributed by atoms with Crippen molar-refractivity contribution in [2.24, 2.45) is 0 Å². The third-order valence-corrected chi connectivity index (χ3v) is 4.50. The van der Waals surface area contributed by atoms with Crippen molar-refractivity contribution in [3.63, 3.8) is 0 Å². The molecule has 0 radical (unpaired) electrons. The van der Waals surface area contributed by atoms with Crippen molar-refractivity contribution in [2.75, 3.05) is 5.32 Å². The molecule has 2 aromatic carbocycles. The normalized spacial score (nSPS) is 11.0. The van der Waals surface area contributed by atoms with Gasteiger partial charge < -0.3 is 5.32 Å². The number of anilines is 2. The van der Waals surface area contributed by atoms with Crippen molar-refractivity contribution in [1.29, 1.82) is 0 Å². The largest absolute Gasteiger partial charge is 0.339 e. The van der Waals surface area contributed by atoms with E-state index in [1.165, 1.54) is 16.7 Å². The molecule has 1 N–H and O–H groups in total. The van der Waals surface area contributed by atoms with Gasteiger partial charge in [0.15, 0.2) is 0 Å². The molecule has 0 aliphatic heterocycles. The lowest BCUT2D eigenvalue weighted by molar-refractivity contribution is 1.17. The standard InChI is InChI=1S/C22H21N3/c1-15-8-10-18(11-9-15)21-22(23-19-7-5-4-6-17(19)3)25-13-12-16(2)14-20(25)24-21/h4-14,23H,1-3H3. The Hall–Kier alpha value is -3.07. The number of aryl methyl sites for hydroxylation is 3. The molecular formula is C22H21N3. The van der Waals surface area contributed by atoms with Crippen molar-refractivity contribution >= 4 is 17.2 Å². The first kappa shape index (κ1) is 15.5. The third-order valence-electron chi connectivity index (χ3n) is 4.50. The number of fused-ring (bicyclic) bond motifs is 1. The summed E-state index contributed by atoms with van der Waals surface area (Å²) < 4.78 is 2.12. The van der Waals surface area contributed by atoms with Crippen molar-refractivity contribution < 1.29 is 0 Å². The predicted molar refractivity (Wildman–Crippen MR) is 105 cm³/mol. The van der Waals surface area contributed by atoms with Crippen LogP contribution in [0.5, 0.6) is 0 Å². The Bertz CT molecular complexity index is 1040. The molecule has 0 atom stereocenters. The van der Waals surface area contributed by atoms with Crippen molar-refractivity contribution in [3.8, 4) is 11.3 Å². The van der Waals surface area contributed by atoms with Gasteiger partial charge in [0.1, 0.15) is 17.2 Å². The molecule has 0 amide bonds. The van der Waals surface area contributed by atoms with Gasteiger partial charge in [-0.25, -0.2) is 4.98 Å². The maximum absolute atomic E-state index is 4.90. The highest BCUT2D eigenvalue weighted by atomic mass is 15.1. The summed E-state index contributed by atoms with van der Waals surface area (Å²) >= 11 is 0. The number of pyridine rings is 1. The Morgan fingerprint density at radius 1 is 0.840 bits per heavy atom. The minimum Gasteiger partial charge on any atom is -0.339 e. The number of rotatable bonds is 3. The molecule has 3 heteroatoms. The highest BCUT2D eigenvalue weighted by Crippen LogP contribution is 2.32. The monoisotopic (exact) mass is 327 g/mol. The van der Waals surface area contributed by atoms with E-state index in [0.717, 1.165) is 28.4 Å². The minimum absolute atomic E-state index is 0.951. The highest BCUT2D eigenvalue weighted by Gasteiger charge is 2.15. The molecule has 25 heavy (non-hydrogen) atoms. The van der Waals surface area contributed by atoms with E-state index >= 15 is 0 Å². The van der Waals surface area contributed by atoms with Crippen LogP contribution in [0.4, 0.5) is 11.5 Å². The van der Waals surface area contributed by atoms with Crippen LogP contribution in [0.15, 0.2) is 66.9 Å². The Balaban J connectivity index is 1.92. The Morgan fingerprint density at radius 3 is 2.36 bits per heavy atom. The van der Waals surface area contributed by atoms with E-state index in [9.17, 15) is 0 Å². The quantitative estimate of drug-likeness (QED) is 0.525. The number of nitrogens with zero attached hydrogens (tertiary/aromatic N) is 2.